The van der Waals surface area contributed by atoms with Crippen LogP contribution in [0.15, 0.2) is 28.7 Å². The highest BCUT2D eigenvalue weighted by molar-refractivity contribution is 5.87. The smallest absolute Gasteiger partial charge is 0.235 e. The van der Waals surface area contributed by atoms with E-state index >= 15 is 0 Å². The Morgan fingerprint density at radius 1 is 1.23 bits per heavy atom. The quantitative estimate of drug-likeness (QED) is 0.738. The van der Waals surface area contributed by atoms with E-state index in [2.05, 4.69) is 21.3 Å². The van der Waals surface area contributed by atoms with Gasteiger partial charge >= 0.3 is 0 Å². The van der Waals surface area contributed by atoms with Gasteiger partial charge in [-0.2, -0.15) is 5.26 Å². The summed E-state index contributed by atoms with van der Waals surface area (Å²) in [6.07, 6.45) is 0. The van der Waals surface area contributed by atoms with E-state index in [0.717, 1.165) is 16.5 Å². The van der Waals surface area contributed by atoms with E-state index < -0.39 is 0 Å². The van der Waals surface area contributed by atoms with Crippen molar-refractivity contribution in [2.24, 2.45) is 0 Å². The Labute approximate surface area is 128 Å². The summed E-state index contributed by atoms with van der Waals surface area (Å²) in [7, 11) is 1.86. The molecule has 0 fully saturated rings. The van der Waals surface area contributed by atoms with Gasteiger partial charge in [-0.15, -0.1) is 10.2 Å². The number of pyridine rings is 1. The van der Waals surface area contributed by atoms with Gasteiger partial charge in [0.2, 0.25) is 11.8 Å². The third kappa shape index (κ3) is 2.37. The number of nitrogens with zero attached hydrogens (tertiary/aromatic N) is 5. The lowest BCUT2D eigenvalue weighted by molar-refractivity contribution is 0.465. The van der Waals surface area contributed by atoms with Crippen molar-refractivity contribution in [3.05, 3.63) is 47.2 Å². The SMILES string of the molecule is Cc1nnc(CN(C)c2nc3ccccc3c(C)c2C#N)o1. The van der Waals surface area contributed by atoms with E-state index in [0.29, 0.717) is 29.7 Å². The van der Waals surface area contributed by atoms with Gasteiger partial charge in [-0.05, 0) is 18.6 Å². The Morgan fingerprint density at radius 3 is 2.68 bits per heavy atom. The minimum absolute atomic E-state index is 0.403. The number of benzene rings is 1. The fraction of sp³-hybridized carbons (Fsp3) is 0.250. The minimum Gasteiger partial charge on any atom is -0.424 e. The Kier molecular flexibility index (Phi) is 3.47. The number of nitriles is 1. The second kappa shape index (κ2) is 5.45. The van der Waals surface area contributed by atoms with Crippen molar-refractivity contribution in [3.8, 4) is 6.07 Å². The molecule has 0 bridgehead atoms. The van der Waals surface area contributed by atoms with Crippen molar-refractivity contribution in [3.63, 3.8) is 0 Å². The van der Waals surface area contributed by atoms with Crippen LogP contribution in [-0.2, 0) is 6.54 Å². The molecular weight excluding hydrogens is 278 g/mol. The van der Waals surface area contributed by atoms with Crippen LogP contribution in [0.1, 0.15) is 22.9 Å². The molecule has 0 spiro atoms. The Bertz CT molecular complexity index is 878. The molecule has 3 rings (SSSR count). The third-order valence-electron chi connectivity index (χ3n) is 3.55. The maximum absolute atomic E-state index is 9.51. The molecule has 110 valence electrons. The molecule has 2 heterocycles. The van der Waals surface area contributed by atoms with Crippen LogP contribution >= 0.6 is 0 Å². The van der Waals surface area contributed by atoms with Crippen LogP contribution in [0.25, 0.3) is 10.9 Å². The second-order valence-electron chi connectivity index (χ2n) is 5.14. The second-order valence-corrected chi connectivity index (χ2v) is 5.14. The Hall–Kier alpha value is -2.94. The molecule has 0 radical (unpaired) electrons. The summed E-state index contributed by atoms with van der Waals surface area (Å²) in [6.45, 7) is 4.09. The summed E-state index contributed by atoms with van der Waals surface area (Å²) >= 11 is 0. The summed E-state index contributed by atoms with van der Waals surface area (Å²) in [4.78, 5) is 6.48. The maximum Gasteiger partial charge on any atom is 0.235 e. The largest absolute Gasteiger partial charge is 0.424 e. The Morgan fingerprint density at radius 2 is 2.00 bits per heavy atom. The predicted molar refractivity (Wildman–Crippen MR) is 82.3 cm³/mol. The first-order valence-corrected chi connectivity index (χ1v) is 6.89. The number of aryl methyl sites for hydroxylation is 2. The van der Waals surface area contributed by atoms with Crippen LogP contribution in [0, 0.1) is 25.2 Å². The number of fused-ring (bicyclic) bond motifs is 1. The lowest BCUT2D eigenvalue weighted by atomic mass is 10.0. The molecule has 0 saturated heterocycles. The van der Waals surface area contributed by atoms with Crippen molar-refractivity contribution in [1.29, 1.82) is 5.26 Å². The van der Waals surface area contributed by atoms with E-state index in [1.165, 1.54) is 0 Å². The van der Waals surface area contributed by atoms with E-state index in [9.17, 15) is 5.26 Å². The predicted octanol–water partition coefficient (Wildman–Crippen LogP) is 2.74. The van der Waals surface area contributed by atoms with Crippen molar-refractivity contribution in [2.75, 3.05) is 11.9 Å². The molecule has 0 aliphatic heterocycles. The zero-order valence-electron chi connectivity index (χ0n) is 12.7. The number of hydrogen-bond donors (Lipinski definition) is 0. The maximum atomic E-state index is 9.51. The van der Waals surface area contributed by atoms with Crippen molar-refractivity contribution < 1.29 is 4.42 Å². The molecule has 0 aliphatic carbocycles. The number of aromatic nitrogens is 3. The van der Waals surface area contributed by atoms with Gasteiger partial charge in [0.1, 0.15) is 11.9 Å². The first-order chi connectivity index (χ1) is 10.6. The van der Waals surface area contributed by atoms with Gasteiger partial charge in [0.15, 0.2) is 0 Å². The molecule has 1 aromatic carbocycles. The van der Waals surface area contributed by atoms with Crippen molar-refractivity contribution >= 4 is 16.7 Å². The average Bonchev–Trinajstić information content (AvgIpc) is 2.92. The highest BCUT2D eigenvalue weighted by atomic mass is 16.4. The van der Waals surface area contributed by atoms with Gasteiger partial charge in [0.25, 0.3) is 0 Å². The third-order valence-corrected chi connectivity index (χ3v) is 3.55. The van der Waals surface area contributed by atoms with E-state index in [1.54, 1.807) is 6.92 Å². The van der Waals surface area contributed by atoms with Gasteiger partial charge in [0.05, 0.1) is 17.6 Å². The lowest BCUT2D eigenvalue weighted by Crippen LogP contribution is -2.20. The van der Waals surface area contributed by atoms with Gasteiger partial charge < -0.3 is 9.32 Å². The molecule has 2 aromatic heterocycles. The van der Waals surface area contributed by atoms with Gasteiger partial charge in [-0.1, -0.05) is 18.2 Å². The lowest BCUT2D eigenvalue weighted by Gasteiger charge is -2.19. The summed E-state index contributed by atoms with van der Waals surface area (Å²) in [6, 6.07) is 10.1. The van der Waals surface area contributed by atoms with Crippen LogP contribution in [0.4, 0.5) is 5.82 Å². The first kappa shape index (κ1) is 14.0. The zero-order chi connectivity index (χ0) is 15.7. The standard InChI is InChI=1S/C16H15N5O/c1-10-12-6-4-5-7-14(12)18-16(13(10)8-17)21(3)9-15-20-19-11(2)22-15/h4-7H,9H2,1-3H3. The molecule has 3 aromatic rings. The molecule has 0 atom stereocenters. The monoisotopic (exact) mass is 293 g/mol. The highest BCUT2D eigenvalue weighted by Gasteiger charge is 2.17. The molecular formula is C16H15N5O. The molecule has 0 aliphatic rings. The summed E-state index contributed by atoms with van der Waals surface area (Å²) < 4.78 is 5.39. The zero-order valence-corrected chi connectivity index (χ0v) is 12.7. The molecule has 0 unspecified atom stereocenters. The summed E-state index contributed by atoms with van der Waals surface area (Å²) in [5, 5.41) is 18.3. The topological polar surface area (TPSA) is 78.8 Å². The first-order valence-electron chi connectivity index (χ1n) is 6.89. The average molecular weight is 293 g/mol. The Balaban J connectivity index is 2.07. The number of hydrogen-bond acceptors (Lipinski definition) is 6. The highest BCUT2D eigenvalue weighted by Crippen LogP contribution is 2.27. The van der Waals surface area contributed by atoms with E-state index in [-0.39, 0.29) is 0 Å². The molecule has 6 nitrogen and oxygen atoms in total. The van der Waals surface area contributed by atoms with Crippen molar-refractivity contribution in [2.45, 2.75) is 20.4 Å². The van der Waals surface area contributed by atoms with E-state index in [4.69, 9.17) is 4.42 Å². The van der Waals surface area contributed by atoms with Gasteiger partial charge in [0, 0.05) is 19.4 Å². The molecule has 0 N–H and O–H groups in total. The van der Waals surface area contributed by atoms with Crippen LogP contribution in [0.5, 0.6) is 0 Å². The summed E-state index contributed by atoms with van der Waals surface area (Å²) in [5.41, 5.74) is 2.36. The van der Waals surface area contributed by atoms with Gasteiger partial charge in [-0.25, -0.2) is 4.98 Å². The number of anilines is 1. The fourth-order valence-electron chi connectivity index (χ4n) is 2.45. The van der Waals surface area contributed by atoms with Crippen LogP contribution < -0.4 is 4.90 Å². The molecule has 6 heteroatoms. The minimum atomic E-state index is 0.403. The molecule has 0 saturated carbocycles. The number of para-hydroxylation sites is 1. The van der Waals surface area contributed by atoms with Gasteiger partial charge in [-0.3, -0.25) is 0 Å². The van der Waals surface area contributed by atoms with Crippen LogP contribution in [0.2, 0.25) is 0 Å². The van der Waals surface area contributed by atoms with E-state index in [1.807, 2.05) is 43.1 Å². The fourth-order valence-corrected chi connectivity index (χ4v) is 2.45. The molecule has 0 amide bonds. The van der Waals surface area contributed by atoms with Crippen LogP contribution in [-0.4, -0.2) is 22.2 Å². The van der Waals surface area contributed by atoms with Crippen molar-refractivity contribution in [1.82, 2.24) is 15.2 Å². The molecule has 22 heavy (non-hydrogen) atoms. The number of rotatable bonds is 3. The normalized spacial score (nSPS) is 10.6. The van der Waals surface area contributed by atoms with Crippen LogP contribution in [0.3, 0.4) is 0 Å². The summed E-state index contributed by atoms with van der Waals surface area (Å²) in [5.74, 6) is 1.64.